The Morgan fingerprint density at radius 2 is 1.69 bits per heavy atom. The second-order valence-corrected chi connectivity index (χ2v) is 9.44. The molecule has 0 heterocycles. The van der Waals surface area contributed by atoms with Gasteiger partial charge in [-0.1, -0.05) is 12.1 Å². The Kier molecular flexibility index (Phi) is 7.02. The van der Waals surface area contributed by atoms with E-state index in [0.717, 1.165) is 21.0 Å². The summed E-state index contributed by atoms with van der Waals surface area (Å²) in [5.74, 6) is -0.491. The molecule has 158 valence electrons. The molecule has 0 aliphatic heterocycles. The van der Waals surface area contributed by atoms with Crippen LogP contribution < -0.4 is 5.32 Å². The van der Waals surface area contributed by atoms with E-state index in [4.69, 9.17) is 0 Å². The molecule has 2 aromatic rings. The van der Waals surface area contributed by atoms with Crippen LogP contribution >= 0.6 is 0 Å². The average molecular weight is 422 g/mol. The van der Waals surface area contributed by atoms with Gasteiger partial charge >= 0.3 is 0 Å². The van der Waals surface area contributed by atoms with Gasteiger partial charge in [-0.15, -0.1) is 0 Å². The third kappa shape index (κ3) is 5.13. The normalized spacial score (nSPS) is 12.7. The van der Waals surface area contributed by atoms with Crippen molar-refractivity contribution in [2.45, 2.75) is 31.7 Å². The Labute approximate surface area is 172 Å². The summed E-state index contributed by atoms with van der Waals surface area (Å²) in [5.41, 5.74) is 3.12. The van der Waals surface area contributed by atoms with Crippen molar-refractivity contribution in [3.05, 3.63) is 58.9 Å². The van der Waals surface area contributed by atoms with Crippen molar-refractivity contribution in [1.82, 2.24) is 9.21 Å². The highest BCUT2D eigenvalue weighted by atomic mass is 32.2. The molecule has 6 nitrogen and oxygen atoms in total. The molecular formula is C21H28FN3O3S. The summed E-state index contributed by atoms with van der Waals surface area (Å²) in [7, 11) is 1.06. The van der Waals surface area contributed by atoms with E-state index in [1.807, 2.05) is 20.8 Å². The number of carbonyl (C=O) groups is 1. The molecule has 0 aromatic heterocycles. The minimum atomic E-state index is -3.58. The number of likely N-dealkylation sites (N-methyl/N-ethyl adjacent to an activating group) is 1. The number of anilines is 1. The molecule has 0 aliphatic rings. The van der Waals surface area contributed by atoms with Crippen LogP contribution in [0.2, 0.25) is 0 Å². The highest BCUT2D eigenvalue weighted by Gasteiger charge is 2.21. The lowest BCUT2D eigenvalue weighted by Crippen LogP contribution is -2.34. The fourth-order valence-electron chi connectivity index (χ4n) is 2.85. The van der Waals surface area contributed by atoms with Gasteiger partial charge < -0.3 is 10.2 Å². The van der Waals surface area contributed by atoms with Gasteiger partial charge in [0, 0.05) is 26.8 Å². The molecule has 1 unspecified atom stereocenters. The zero-order valence-corrected chi connectivity index (χ0v) is 18.5. The number of hydrogen-bond donors (Lipinski definition) is 1. The molecule has 0 fully saturated rings. The Balaban J connectivity index is 2.17. The number of nitrogens with one attached hydrogen (secondary N) is 1. The van der Waals surface area contributed by atoms with Crippen LogP contribution in [0.4, 0.5) is 10.1 Å². The predicted octanol–water partition coefficient (Wildman–Crippen LogP) is 3.32. The zero-order valence-electron chi connectivity index (χ0n) is 17.7. The second kappa shape index (κ2) is 8.92. The molecule has 29 heavy (non-hydrogen) atoms. The van der Waals surface area contributed by atoms with E-state index in [0.29, 0.717) is 5.69 Å². The standard InChI is InChI=1S/C21H28FN3O3S/c1-14-11-19(29(27,28)24(4)5)12-20(15(14)2)23-13-21(26)25(6)16(3)17-7-9-18(22)10-8-17/h7-12,16,23H,13H2,1-6H3. The molecule has 1 atom stereocenters. The zero-order chi connectivity index (χ0) is 21.9. The first-order valence-corrected chi connectivity index (χ1v) is 10.7. The Morgan fingerprint density at radius 3 is 2.24 bits per heavy atom. The number of sulfonamides is 1. The van der Waals surface area contributed by atoms with Crippen molar-refractivity contribution >= 4 is 21.6 Å². The van der Waals surface area contributed by atoms with Gasteiger partial charge in [-0.25, -0.2) is 17.1 Å². The van der Waals surface area contributed by atoms with Crippen LogP contribution in [0, 0.1) is 19.7 Å². The molecule has 2 rings (SSSR count). The number of rotatable bonds is 7. The van der Waals surface area contributed by atoms with Crippen LogP contribution in [-0.2, 0) is 14.8 Å². The maximum Gasteiger partial charge on any atom is 0.242 e. The minimum absolute atomic E-state index is 0.00772. The predicted molar refractivity (Wildman–Crippen MR) is 113 cm³/mol. The summed E-state index contributed by atoms with van der Waals surface area (Å²) in [4.78, 5) is 14.4. The summed E-state index contributed by atoms with van der Waals surface area (Å²) < 4.78 is 39.2. The average Bonchev–Trinajstić information content (AvgIpc) is 2.67. The molecule has 0 aliphatic carbocycles. The highest BCUT2D eigenvalue weighted by molar-refractivity contribution is 7.89. The molecule has 8 heteroatoms. The van der Waals surface area contributed by atoms with Gasteiger partial charge in [0.25, 0.3) is 0 Å². The first-order chi connectivity index (χ1) is 13.4. The fraction of sp³-hybridized carbons (Fsp3) is 0.381. The second-order valence-electron chi connectivity index (χ2n) is 7.29. The molecule has 0 spiro atoms. The van der Waals surface area contributed by atoms with Crippen molar-refractivity contribution in [2.24, 2.45) is 0 Å². The van der Waals surface area contributed by atoms with Gasteiger partial charge in [0.15, 0.2) is 0 Å². The number of amides is 1. The van der Waals surface area contributed by atoms with Gasteiger partial charge in [0.05, 0.1) is 17.5 Å². The molecule has 0 radical (unpaired) electrons. The largest absolute Gasteiger partial charge is 0.376 e. The summed E-state index contributed by atoms with van der Waals surface area (Å²) in [6, 6.07) is 8.99. The molecular weight excluding hydrogens is 393 g/mol. The van der Waals surface area contributed by atoms with Crippen molar-refractivity contribution in [1.29, 1.82) is 0 Å². The highest BCUT2D eigenvalue weighted by Crippen LogP contribution is 2.26. The number of benzene rings is 2. The van der Waals surface area contributed by atoms with Crippen LogP contribution in [-0.4, -0.2) is 51.2 Å². The summed E-state index contributed by atoms with van der Waals surface area (Å²) in [5, 5.41) is 3.07. The smallest absolute Gasteiger partial charge is 0.242 e. The van der Waals surface area contributed by atoms with Crippen molar-refractivity contribution < 1.29 is 17.6 Å². The monoisotopic (exact) mass is 421 g/mol. The quantitative estimate of drug-likeness (QED) is 0.745. The fourth-order valence-corrected chi connectivity index (χ4v) is 3.86. The van der Waals surface area contributed by atoms with E-state index >= 15 is 0 Å². The lowest BCUT2D eigenvalue weighted by molar-refractivity contribution is -0.129. The molecule has 2 aromatic carbocycles. The maximum absolute atomic E-state index is 13.1. The minimum Gasteiger partial charge on any atom is -0.376 e. The molecule has 0 bridgehead atoms. The van der Waals surface area contributed by atoms with E-state index in [1.54, 1.807) is 36.2 Å². The molecule has 0 saturated heterocycles. The lowest BCUT2D eigenvalue weighted by Gasteiger charge is -2.26. The summed E-state index contributed by atoms with van der Waals surface area (Å²) >= 11 is 0. The van der Waals surface area contributed by atoms with Crippen LogP contribution in [0.25, 0.3) is 0 Å². The Hall–Kier alpha value is -2.45. The van der Waals surface area contributed by atoms with Gasteiger partial charge in [0.1, 0.15) is 5.82 Å². The van der Waals surface area contributed by atoms with E-state index in [1.165, 1.54) is 26.2 Å². The van der Waals surface area contributed by atoms with Crippen molar-refractivity contribution in [3.8, 4) is 0 Å². The van der Waals surface area contributed by atoms with Gasteiger partial charge in [-0.3, -0.25) is 4.79 Å². The molecule has 1 N–H and O–H groups in total. The van der Waals surface area contributed by atoms with Crippen LogP contribution in [0.15, 0.2) is 41.3 Å². The van der Waals surface area contributed by atoms with Crippen LogP contribution in [0.3, 0.4) is 0 Å². The number of nitrogens with zero attached hydrogens (tertiary/aromatic N) is 2. The number of halogens is 1. The van der Waals surface area contributed by atoms with Crippen LogP contribution in [0.5, 0.6) is 0 Å². The SMILES string of the molecule is Cc1cc(S(=O)(=O)N(C)C)cc(NCC(=O)N(C)C(C)c2ccc(F)cc2)c1C. The maximum atomic E-state index is 13.1. The van der Waals surface area contributed by atoms with Gasteiger partial charge in [-0.05, 0) is 61.7 Å². The summed E-state index contributed by atoms with van der Waals surface area (Å²) in [6.45, 7) is 5.58. The van der Waals surface area contributed by atoms with E-state index in [2.05, 4.69) is 5.32 Å². The molecule has 1 amide bonds. The first kappa shape index (κ1) is 22.8. The summed E-state index contributed by atoms with van der Waals surface area (Å²) in [6.07, 6.45) is 0. The van der Waals surface area contributed by atoms with Crippen molar-refractivity contribution in [2.75, 3.05) is 33.0 Å². The molecule has 0 saturated carbocycles. The first-order valence-electron chi connectivity index (χ1n) is 9.24. The third-order valence-electron chi connectivity index (χ3n) is 5.18. The van der Waals surface area contributed by atoms with Gasteiger partial charge in [-0.2, -0.15) is 0 Å². The lowest BCUT2D eigenvalue weighted by atomic mass is 10.1. The number of carbonyl (C=O) groups excluding carboxylic acids is 1. The van der Waals surface area contributed by atoms with E-state index in [-0.39, 0.29) is 29.2 Å². The van der Waals surface area contributed by atoms with E-state index < -0.39 is 10.0 Å². The van der Waals surface area contributed by atoms with Crippen LogP contribution in [0.1, 0.15) is 29.7 Å². The Bertz CT molecular complexity index is 989. The number of aryl methyl sites for hydroxylation is 1. The van der Waals surface area contributed by atoms with Crippen molar-refractivity contribution in [3.63, 3.8) is 0 Å². The number of hydrogen-bond acceptors (Lipinski definition) is 4. The Morgan fingerprint density at radius 1 is 1.10 bits per heavy atom. The third-order valence-corrected chi connectivity index (χ3v) is 6.97. The topological polar surface area (TPSA) is 69.7 Å². The van der Waals surface area contributed by atoms with E-state index in [9.17, 15) is 17.6 Å². The van der Waals surface area contributed by atoms with Gasteiger partial charge in [0.2, 0.25) is 15.9 Å².